The second-order valence-corrected chi connectivity index (χ2v) is 20.0. The van der Waals surface area contributed by atoms with Crippen LogP contribution in [0.2, 0.25) is 0 Å². The van der Waals surface area contributed by atoms with Gasteiger partial charge in [-0.05, 0) is 96.3 Å². The van der Waals surface area contributed by atoms with Crippen molar-refractivity contribution in [3.05, 3.63) is 97.2 Å². The summed E-state index contributed by atoms with van der Waals surface area (Å²) in [4.78, 5) is 23.0. The largest absolute Gasteiger partial charge is 0.472 e. The number of nitrogens with zero attached hydrogens (tertiary/aromatic N) is 1. The Hall–Kier alpha value is -2.58. The number of allylic oxidation sites excluding steroid dienone is 16. The number of ether oxygens (including phenoxy) is 2. The highest BCUT2D eigenvalue weighted by molar-refractivity contribution is 7.47. The molecule has 8 nitrogen and oxygen atoms in total. The first-order valence-corrected chi connectivity index (χ1v) is 28.0. The molecule has 2 unspecified atom stereocenters. The highest BCUT2D eigenvalue weighted by Crippen LogP contribution is 2.43. The maximum atomic E-state index is 12.8. The number of unbranched alkanes of at least 4 members (excludes halogenated alkanes) is 18. The van der Waals surface area contributed by atoms with E-state index in [4.69, 9.17) is 18.5 Å². The van der Waals surface area contributed by atoms with E-state index in [2.05, 4.69) is 111 Å². The Bertz CT molecular complexity index is 1370. The predicted molar refractivity (Wildman–Crippen MR) is 284 cm³/mol. The molecule has 9 heteroatoms. The molecule has 1 N–H and O–H groups in total. The van der Waals surface area contributed by atoms with Crippen LogP contribution in [0.5, 0.6) is 0 Å². The van der Waals surface area contributed by atoms with Crippen molar-refractivity contribution in [3.8, 4) is 0 Å². The normalized spacial score (nSPS) is 14.3. The number of carbonyl (C=O) groups is 1. The van der Waals surface area contributed by atoms with Gasteiger partial charge < -0.3 is 18.9 Å². The summed E-state index contributed by atoms with van der Waals surface area (Å²) in [6.45, 7) is 5.45. The standard InChI is InChI=1S/C57H100NO7P/c1-6-8-10-12-14-16-18-20-22-24-26-27-28-29-30-31-32-34-36-38-40-42-44-46-48-50-57(59)65-56(55-64-66(60,61)63-53-51-58(3,4)5)54-62-52-49-47-45-43-41-39-37-35-33-25-23-21-19-17-15-13-11-9-7-2/h8,10,14,16-17,19-20,22-23,25-27,29-30,32,34,56H,6-7,9,11-13,15,18,21,24,28,31,33,35-55H2,1-5H3/p+1/b10-8-,16-14-,19-17-,22-20-,25-23-,27-26-,30-29-,34-32-. The van der Waals surface area contributed by atoms with E-state index in [0.717, 1.165) is 89.9 Å². The van der Waals surface area contributed by atoms with Crippen LogP contribution in [0.25, 0.3) is 0 Å². The molecule has 0 radical (unpaired) electrons. The van der Waals surface area contributed by atoms with Gasteiger partial charge in [0.1, 0.15) is 19.3 Å². The van der Waals surface area contributed by atoms with Crippen molar-refractivity contribution in [2.24, 2.45) is 0 Å². The monoisotopic (exact) mass is 943 g/mol. The van der Waals surface area contributed by atoms with Gasteiger partial charge >= 0.3 is 13.8 Å². The fraction of sp³-hybridized carbons (Fsp3) is 0.702. The Kier molecular flexibility index (Phi) is 47.0. The summed E-state index contributed by atoms with van der Waals surface area (Å²) in [6.07, 6.45) is 67.4. The lowest BCUT2D eigenvalue weighted by Gasteiger charge is -2.24. The Labute approximate surface area is 407 Å². The van der Waals surface area contributed by atoms with Gasteiger partial charge in [0.25, 0.3) is 0 Å². The second kappa shape index (κ2) is 48.9. The molecule has 0 aliphatic rings. The van der Waals surface area contributed by atoms with Crippen molar-refractivity contribution in [2.45, 2.75) is 206 Å². The van der Waals surface area contributed by atoms with E-state index >= 15 is 0 Å². The molecule has 0 aromatic heterocycles. The van der Waals surface area contributed by atoms with Crippen LogP contribution in [-0.4, -0.2) is 75.6 Å². The number of carbonyl (C=O) groups excluding carboxylic acids is 1. The van der Waals surface area contributed by atoms with Gasteiger partial charge in [-0.15, -0.1) is 0 Å². The van der Waals surface area contributed by atoms with Gasteiger partial charge in [-0.25, -0.2) is 4.57 Å². The van der Waals surface area contributed by atoms with Gasteiger partial charge in [0.15, 0.2) is 0 Å². The maximum Gasteiger partial charge on any atom is 0.472 e. The van der Waals surface area contributed by atoms with E-state index in [9.17, 15) is 14.3 Å². The van der Waals surface area contributed by atoms with E-state index in [1.807, 2.05) is 21.1 Å². The highest BCUT2D eigenvalue weighted by Gasteiger charge is 2.26. The van der Waals surface area contributed by atoms with E-state index in [-0.39, 0.29) is 25.8 Å². The summed E-state index contributed by atoms with van der Waals surface area (Å²) in [5.74, 6) is -0.333. The zero-order valence-corrected chi connectivity index (χ0v) is 44.0. The zero-order chi connectivity index (χ0) is 48.3. The molecule has 0 amide bonds. The average molecular weight is 943 g/mol. The first-order chi connectivity index (χ1) is 32.1. The summed E-state index contributed by atoms with van der Waals surface area (Å²) < 4.78 is 35.2. The van der Waals surface area contributed by atoms with Crippen LogP contribution in [-0.2, 0) is 27.9 Å². The molecule has 0 aliphatic carbocycles. The molecule has 0 heterocycles. The topological polar surface area (TPSA) is 91.3 Å². The molecule has 0 aromatic carbocycles. The lowest BCUT2D eigenvalue weighted by Crippen LogP contribution is -2.37. The van der Waals surface area contributed by atoms with Crippen LogP contribution in [0.3, 0.4) is 0 Å². The lowest BCUT2D eigenvalue weighted by atomic mass is 10.1. The molecule has 0 saturated heterocycles. The van der Waals surface area contributed by atoms with E-state index in [1.165, 1.54) is 89.9 Å². The number of esters is 1. The molecule has 0 fully saturated rings. The summed E-state index contributed by atoms with van der Waals surface area (Å²) >= 11 is 0. The minimum absolute atomic E-state index is 0.0789. The number of rotatable bonds is 48. The van der Waals surface area contributed by atoms with Crippen LogP contribution in [0.1, 0.15) is 200 Å². The Morgan fingerprint density at radius 2 is 0.879 bits per heavy atom. The van der Waals surface area contributed by atoms with Crippen LogP contribution in [0.15, 0.2) is 97.2 Å². The van der Waals surface area contributed by atoms with Gasteiger partial charge in [0.2, 0.25) is 0 Å². The Morgan fingerprint density at radius 1 is 0.485 bits per heavy atom. The van der Waals surface area contributed by atoms with Gasteiger partial charge in [0.05, 0.1) is 34.4 Å². The number of phosphoric ester groups is 1. The molecule has 0 aliphatic heterocycles. The van der Waals surface area contributed by atoms with Crippen molar-refractivity contribution in [1.82, 2.24) is 0 Å². The third-order valence-corrected chi connectivity index (χ3v) is 11.9. The molecule has 2 atom stereocenters. The van der Waals surface area contributed by atoms with Gasteiger partial charge in [-0.3, -0.25) is 13.8 Å². The Balaban J connectivity index is 4.21. The number of phosphoric acid groups is 1. The van der Waals surface area contributed by atoms with Crippen molar-refractivity contribution in [2.75, 3.05) is 54.1 Å². The minimum Gasteiger partial charge on any atom is -0.457 e. The van der Waals surface area contributed by atoms with Crippen LogP contribution in [0.4, 0.5) is 0 Å². The third-order valence-electron chi connectivity index (χ3n) is 10.9. The molecule has 0 bridgehead atoms. The molecular formula is C57H101NO7P+. The quantitative estimate of drug-likeness (QED) is 0.0214. The lowest BCUT2D eigenvalue weighted by molar-refractivity contribution is -0.870. The number of likely N-dealkylation sites (N-methyl/N-ethyl adjacent to an activating group) is 1. The molecule has 66 heavy (non-hydrogen) atoms. The molecule has 0 saturated carbocycles. The van der Waals surface area contributed by atoms with Crippen LogP contribution in [0, 0.1) is 0 Å². The number of quaternary nitrogens is 1. The smallest absolute Gasteiger partial charge is 0.457 e. The summed E-state index contributed by atoms with van der Waals surface area (Å²) in [5.41, 5.74) is 0. The SMILES string of the molecule is CC/C=C\C/C=C\C/C=C\C/C=C\C/C=C\C/C=C\CCCCCCCCC(=O)OC(COCCCCCCCCCC/C=C\C/C=C\CCCCCC)COP(=O)(O)OCC[N+](C)(C)C. The molecule has 0 rings (SSSR count). The first-order valence-electron chi connectivity index (χ1n) is 26.5. The number of hydrogen-bond donors (Lipinski definition) is 1. The molecular weight excluding hydrogens is 842 g/mol. The van der Waals surface area contributed by atoms with E-state index in [1.54, 1.807) is 0 Å². The van der Waals surface area contributed by atoms with E-state index in [0.29, 0.717) is 24.1 Å². The van der Waals surface area contributed by atoms with Crippen molar-refractivity contribution < 1.29 is 37.3 Å². The first kappa shape index (κ1) is 63.4. The summed E-state index contributed by atoms with van der Waals surface area (Å²) in [5, 5.41) is 0. The third kappa shape index (κ3) is 52.4. The molecule has 380 valence electrons. The van der Waals surface area contributed by atoms with Gasteiger partial charge in [0, 0.05) is 13.0 Å². The summed E-state index contributed by atoms with van der Waals surface area (Å²) in [6, 6.07) is 0. The predicted octanol–water partition coefficient (Wildman–Crippen LogP) is 16.6. The maximum absolute atomic E-state index is 12.8. The number of hydrogen-bond acceptors (Lipinski definition) is 6. The fourth-order valence-electron chi connectivity index (χ4n) is 6.82. The van der Waals surface area contributed by atoms with Gasteiger partial charge in [-0.2, -0.15) is 0 Å². The van der Waals surface area contributed by atoms with Crippen LogP contribution < -0.4 is 0 Å². The molecule has 0 aromatic rings. The van der Waals surface area contributed by atoms with E-state index < -0.39 is 13.9 Å². The highest BCUT2D eigenvalue weighted by atomic mass is 31.2. The van der Waals surface area contributed by atoms with Crippen molar-refractivity contribution in [1.29, 1.82) is 0 Å². The zero-order valence-electron chi connectivity index (χ0n) is 43.1. The van der Waals surface area contributed by atoms with Gasteiger partial charge in [-0.1, -0.05) is 195 Å². The Morgan fingerprint density at radius 3 is 1.32 bits per heavy atom. The van der Waals surface area contributed by atoms with Crippen molar-refractivity contribution in [3.63, 3.8) is 0 Å². The second-order valence-electron chi connectivity index (χ2n) is 18.5. The summed E-state index contributed by atoms with van der Waals surface area (Å²) in [7, 11) is 1.64. The minimum atomic E-state index is -4.30. The van der Waals surface area contributed by atoms with Crippen LogP contribution >= 0.6 is 7.82 Å². The van der Waals surface area contributed by atoms with Crippen molar-refractivity contribution >= 4 is 13.8 Å². The molecule has 0 spiro atoms. The fourth-order valence-corrected chi connectivity index (χ4v) is 7.56. The average Bonchev–Trinajstić information content (AvgIpc) is 3.28.